The molecule has 0 atom stereocenters. The molecule has 1 saturated carbocycles. The van der Waals surface area contributed by atoms with Crippen molar-refractivity contribution in [2.24, 2.45) is 11.3 Å². The average Bonchev–Trinajstić information content (AvgIpc) is 2.96. The number of rotatable bonds is 4. The van der Waals surface area contributed by atoms with Crippen molar-refractivity contribution in [1.29, 1.82) is 0 Å². The SMILES string of the molecule is Cc1ccc(NC(=O)C2CC3(CCOC3)C2)cc1C(=O)NC(C)C. The summed E-state index contributed by atoms with van der Waals surface area (Å²) in [7, 11) is 0. The second kappa shape index (κ2) is 6.55. The van der Waals surface area contributed by atoms with E-state index in [4.69, 9.17) is 4.74 Å². The van der Waals surface area contributed by atoms with E-state index in [1.807, 2.05) is 32.9 Å². The van der Waals surface area contributed by atoms with E-state index < -0.39 is 0 Å². The summed E-state index contributed by atoms with van der Waals surface area (Å²) in [6, 6.07) is 5.57. The van der Waals surface area contributed by atoms with Gasteiger partial charge in [0.2, 0.25) is 5.91 Å². The maximum absolute atomic E-state index is 12.4. The second-order valence-electron chi connectivity index (χ2n) is 7.55. The zero-order valence-electron chi connectivity index (χ0n) is 14.6. The largest absolute Gasteiger partial charge is 0.381 e. The summed E-state index contributed by atoms with van der Waals surface area (Å²) in [5.74, 6) is -0.00293. The molecular weight excluding hydrogens is 304 g/mol. The summed E-state index contributed by atoms with van der Waals surface area (Å²) in [5, 5.41) is 5.86. The molecule has 0 unspecified atom stereocenters. The molecule has 2 N–H and O–H groups in total. The lowest BCUT2D eigenvalue weighted by atomic mass is 9.61. The first-order chi connectivity index (χ1) is 11.4. The summed E-state index contributed by atoms with van der Waals surface area (Å²) in [5.41, 5.74) is 2.44. The second-order valence-corrected chi connectivity index (χ2v) is 7.55. The molecule has 1 spiro atoms. The van der Waals surface area contributed by atoms with E-state index in [9.17, 15) is 9.59 Å². The predicted molar refractivity (Wildman–Crippen MR) is 93.0 cm³/mol. The van der Waals surface area contributed by atoms with Gasteiger partial charge in [0.1, 0.15) is 0 Å². The van der Waals surface area contributed by atoms with Crippen LogP contribution in [0.1, 0.15) is 49.0 Å². The van der Waals surface area contributed by atoms with E-state index in [0.717, 1.165) is 38.0 Å². The normalized spacial score (nSPS) is 25.6. The Morgan fingerprint density at radius 2 is 2.04 bits per heavy atom. The molecule has 1 aliphatic carbocycles. The number of hydrogen-bond acceptors (Lipinski definition) is 3. The van der Waals surface area contributed by atoms with Gasteiger partial charge in [-0.3, -0.25) is 9.59 Å². The highest BCUT2D eigenvalue weighted by atomic mass is 16.5. The molecule has 5 heteroatoms. The van der Waals surface area contributed by atoms with Gasteiger partial charge < -0.3 is 15.4 Å². The highest BCUT2D eigenvalue weighted by Gasteiger charge is 2.49. The zero-order chi connectivity index (χ0) is 17.3. The summed E-state index contributed by atoms with van der Waals surface area (Å²) in [6.45, 7) is 7.37. The molecule has 1 aromatic carbocycles. The summed E-state index contributed by atoms with van der Waals surface area (Å²) >= 11 is 0. The Bertz CT molecular complexity index is 640. The number of aryl methyl sites for hydroxylation is 1. The molecule has 1 aromatic rings. The Morgan fingerprint density at radius 3 is 2.67 bits per heavy atom. The minimum absolute atomic E-state index is 0.0478. The molecule has 24 heavy (non-hydrogen) atoms. The summed E-state index contributed by atoms with van der Waals surface area (Å²) in [4.78, 5) is 24.7. The first kappa shape index (κ1) is 17.0. The van der Waals surface area contributed by atoms with Crippen LogP contribution in [0.15, 0.2) is 18.2 Å². The smallest absolute Gasteiger partial charge is 0.251 e. The lowest BCUT2D eigenvalue weighted by molar-refractivity contribution is -0.127. The van der Waals surface area contributed by atoms with Crippen molar-refractivity contribution in [2.45, 2.75) is 46.1 Å². The fourth-order valence-electron chi connectivity index (χ4n) is 3.67. The number of hydrogen-bond donors (Lipinski definition) is 2. The topological polar surface area (TPSA) is 67.4 Å². The monoisotopic (exact) mass is 330 g/mol. The Balaban J connectivity index is 1.63. The van der Waals surface area contributed by atoms with E-state index in [1.54, 1.807) is 6.07 Å². The average molecular weight is 330 g/mol. The Kier molecular flexibility index (Phi) is 4.63. The van der Waals surface area contributed by atoms with Gasteiger partial charge in [0.25, 0.3) is 5.91 Å². The molecule has 0 radical (unpaired) electrons. The van der Waals surface area contributed by atoms with Gasteiger partial charge in [-0.1, -0.05) is 6.07 Å². The third-order valence-corrected chi connectivity index (χ3v) is 5.08. The molecule has 1 saturated heterocycles. The molecule has 2 amide bonds. The first-order valence-electron chi connectivity index (χ1n) is 8.69. The van der Waals surface area contributed by atoms with Gasteiger partial charge in [-0.2, -0.15) is 0 Å². The van der Waals surface area contributed by atoms with Crippen LogP contribution in [-0.4, -0.2) is 31.1 Å². The number of nitrogens with one attached hydrogen (secondary N) is 2. The molecule has 130 valence electrons. The van der Waals surface area contributed by atoms with Crippen molar-refractivity contribution in [3.8, 4) is 0 Å². The molecule has 3 rings (SSSR count). The van der Waals surface area contributed by atoms with Gasteiger partial charge in [0.05, 0.1) is 6.61 Å². The molecular formula is C19H26N2O3. The number of carbonyl (C=O) groups is 2. The predicted octanol–water partition coefficient (Wildman–Crippen LogP) is 2.89. The van der Waals surface area contributed by atoms with E-state index in [1.165, 1.54) is 0 Å². The van der Waals surface area contributed by atoms with E-state index >= 15 is 0 Å². The van der Waals surface area contributed by atoms with Crippen LogP contribution >= 0.6 is 0 Å². The zero-order valence-corrected chi connectivity index (χ0v) is 14.6. The van der Waals surface area contributed by atoms with Crippen LogP contribution in [0.5, 0.6) is 0 Å². The van der Waals surface area contributed by atoms with Gasteiger partial charge in [-0.25, -0.2) is 0 Å². The van der Waals surface area contributed by atoms with Gasteiger partial charge in [-0.15, -0.1) is 0 Å². The highest BCUT2D eigenvalue weighted by molar-refractivity contribution is 5.99. The van der Waals surface area contributed by atoms with Crippen LogP contribution in [0.3, 0.4) is 0 Å². The lowest BCUT2D eigenvalue weighted by Gasteiger charge is -2.43. The van der Waals surface area contributed by atoms with Crippen LogP contribution in [0.4, 0.5) is 5.69 Å². The Hall–Kier alpha value is -1.88. The third-order valence-electron chi connectivity index (χ3n) is 5.08. The minimum atomic E-state index is -0.107. The van der Waals surface area contributed by atoms with E-state index in [0.29, 0.717) is 11.3 Å². The fourth-order valence-corrected chi connectivity index (χ4v) is 3.67. The van der Waals surface area contributed by atoms with Gasteiger partial charge in [0.15, 0.2) is 0 Å². The number of anilines is 1. The lowest BCUT2D eigenvalue weighted by Crippen LogP contribution is -2.43. The van der Waals surface area contributed by atoms with Crippen LogP contribution in [0.2, 0.25) is 0 Å². The van der Waals surface area contributed by atoms with Crippen molar-refractivity contribution in [1.82, 2.24) is 5.32 Å². The maximum atomic E-state index is 12.4. The highest BCUT2D eigenvalue weighted by Crippen LogP contribution is 2.51. The third kappa shape index (κ3) is 3.46. The number of carbonyl (C=O) groups excluding carboxylic acids is 2. The van der Waals surface area contributed by atoms with Crippen molar-refractivity contribution in [3.05, 3.63) is 29.3 Å². The van der Waals surface area contributed by atoms with Crippen molar-refractivity contribution < 1.29 is 14.3 Å². The van der Waals surface area contributed by atoms with Crippen LogP contribution in [0, 0.1) is 18.3 Å². The summed E-state index contributed by atoms with van der Waals surface area (Å²) < 4.78 is 5.46. The first-order valence-corrected chi connectivity index (χ1v) is 8.69. The molecule has 2 fully saturated rings. The Labute approximate surface area is 143 Å². The maximum Gasteiger partial charge on any atom is 0.251 e. The number of benzene rings is 1. The molecule has 0 aromatic heterocycles. The van der Waals surface area contributed by atoms with Crippen molar-refractivity contribution in [2.75, 3.05) is 18.5 Å². The fraction of sp³-hybridized carbons (Fsp3) is 0.579. The molecule has 2 aliphatic rings. The summed E-state index contributed by atoms with van der Waals surface area (Å²) in [6.07, 6.45) is 2.89. The molecule has 0 bridgehead atoms. The van der Waals surface area contributed by atoms with Crippen LogP contribution in [-0.2, 0) is 9.53 Å². The molecule has 5 nitrogen and oxygen atoms in total. The van der Waals surface area contributed by atoms with Gasteiger partial charge >= 0.3 is 0 Å². The number of ether oxygens (including phenoxy) is 1. The van der Waals surface area contributed by atoms with Crippen LogP contribution < -0.4 is 10.6 Å². The minimum Gasteiger partial charge on any atom is -0.381 e. The molecule has 1 aliphatic heterocycles. The van der Waals surface area contributed by atoms with Crippen molar-refractivity contribution in [3.63, 3.8) is 0 Å². The van der Waals surface area contributed by atoms with Crippen molar-refractivity contribution >= 4 is 17.5 Å². The van der Waals surface area contributed by atoms with E-state index in [2.05, 4.69) is 10.6 Å². The van der Waals surface area contributed by atoms with Crippen LogP contribution in [0.25, 0.3) is 0 Å². The van der Waals surface area contributed by atoms with Gasteiger partial charge in [0, 0.05) is 29.8 Å². The molecule has 1 heterocycles. The Morgan fingerprint density at radius 1 is 1.29 bits per heavy atom. The van der Waals surface area contributed by atoms with Gasteiger partial charge in [-0.05, 0) is 63.1 Å². The standard InChI is InChI=1S/C19H26N2O3/c1-12(2)20-18(23)16-8-15(5-4-13(16)3)21-17(22)14-9-19(10-14)6-7-24-11-19/h4-5,8,12,14H,6-7,9-11H2,1-3H3,(H,20,23)(H,21,22). The van der Waals surface area contributed by atoms with E-state index in [-0.39, 0.29) is 29.2 Å². The number of amides is 2. The quantitative estimate of drug-likeness (QED) is 0.892.